The maximum atomic E-state index is 14.3. The molecule has 26 heavy (non-hydrogen) atoms. The van der Waals surface area contributed by atoms with Gasteiger partial charge in [-0.05, 0) is 23.6 Å². The molecule has 1 atom stereocenters. The first-order valence-corrected chi connectivity index (χ1v) is 8.07. The minimum absolute atomic E-state index is 0.00947. The number of hydrogen-bond donors (Lipinski definition) is 1. The lowest BCUT2D eigenvalue weighted by Gasteiger charge is -2.40. The summed E-state index contributed by atoms with van der Waals surface area (Å²) in [7, 11) is 0. The highest BCUT2D eigenvalue weighted by Crippen LogP contribution is 2.51. The van der Waals surface area contributed by atoms with E-state index in [-0.39, 0.29) is 17.2 Å². The molecule has 0 saturated carbocycles. The van der Waals surface area contributed by atoms with E-state index in [1.165, 1.54) is 30.3 Å². The van der Waals surface area contributed by atoms with Crippen LogP contribution >= 0.6 is 0 Å². The molecule has 3 rings (SSSR count). The third-order valence-electron chi connectivity index (χ3n) is 4.45. The predicted molar refractivity (Wildman–Crippen MR) is 90.9 cm³/mol. The number of carboxylic acids is 1. The number of alkyl halides is 3. The third-order valence-corrected chi connectivity index (χ3v) is 4.45. The van der Waals surface area contributed by atoms with Gasteiger partial charge in [0, 0.05) is 11.1 Å². The second-order valence-electron chi connectivity index (χ2n) is 6.46. The Balaban J connectivity index is 2.33. The van der Waals surface area contributed by atoms with Crippen molar-refractivity contribution < 1.29 is 27.8 Å². The second kappa shape index (κ2) is 6.20. The maximum absolute atomic E-state index is 14.3. The molecule has 0 radical (unpaired) electrons. The van der Waals surface area contributed by atoms with Crippen LogP contribution in [0.2, 0.25) is 0 Å². The van der Waals surface area contributed by atoms with Crippen LogP contribution in [0.25, 0.3) is 6.08 Å². The molecule has 1 N–H and O–H groups in total. The fourth-order valence-corrected chi connectivity index (χ4v) is 3.09. The summed E-state index contributed by atoms with van der Waals surface area (Å²) in [5.74, 6) is -1.70. The maximum Gasteiger partial charge on any atom is 0.437 e. The average molecular weight is 362 g/mol. The minimum Gasteiger partial charge on any atom is -0.478 e. The van der Waals surface area contributed by atoms with Gasteiger partial charge in [-0.25, -0.2) is 4.79 Å². The molecule has 2 aromatic carbocycles. The molecule has 1 aliphatic heterocycles. The number of halogens is 3. The average Bonchev–Trinajstić information content (AvgIpc) is 2.59. The number of ether oxygens (including phenoxy) is 1. The van der Waals surface area contributed by atoms with Crippen LogP contribution < -0.4 is 4.74 Å². The van der Waals surface area contributed by atoms with Gasteiger partial charge in [0.1, 0.15) is 5.75 Å². The van der Waals surface area contributed by atoms with Gasteiger partial charge in [-0.3, -0.25) is 0 Å². The van der Waals surface area contributed by atoms with Crippen LogP contribution in [0.3, 0.4) is 0 Å². The van der Waals surface area contributed by atoms with Gasteiger partial charge in [-0.1, -0.05) is 56.3 Å². The Bertz CT molecular complexity index is 884. The molecule has 0 aliphatic carbocycles. The lowest BCUT2D eigenvalue weighted by Crippen LogP contribution is -2.52. The summed E-state index contributed by atoms with van der Waals surface area (Å²) in [6.07, 6.45) is -3.93. The molecule has 1 unspecified atom stereocenters. The topological polar surface area (TPSA) is 46.5 Å². The van der Waals surface area contributed by atoms with Crippen LogP contribution in [-0.2, 0) is 10.4 Å². The largest absolute Gasteiger partial charge is 0.478 e. The van der Waals surface area contributed by atoms with Crippen LogP contribution in [0, 0.1) is 0 Å². The molecule has 0 fully saturated rings. The minimum atomic E-state index is -4.97. The summed E-state index contributed by atoms with van der Waals surface area (Å²) in [4.78, 5) is 11.8. The molecule has 0 saturated heterocycles. The van der Waals surface area contributed by atoms with Crippen LogP contribution in [0.15, 0.2) is 54.1 Å². The highest BCUT2D eigenvalue weighted by Gasteiger charge is 2.64. The molecule has 0 amide bonds. The van der Waals surface area contributed by atoms with Crippen LogP contribution in [-0.4, -0.2) is 17.3 Å². The Morgan fingerprint density at radius 3 is 2.42 bits per heavy atom. The zero-order valence-corrected chi connectivity index (χ0v) is 14.2. The molecule has 1 heterocycles. The summed E-state index contributed by atoms with van der Waals surface area (Å²) in [6, 6.07) is 11.9. The van der Waals surface area contributed by atoms with E-state index in [1.807, 2.05) is 13.8 Å². The van der Waals surface area contributed by atoms with Crippen LogP contribution in [0.1, 0.15) is 36.5 Å². The molecule has 3 nitrogen and oxygen atoms in total. The fraction of sp³-hybridized carbons (Fsp3) is 0.250. The zero-order chi connectivity index (χ0) is 19.1. The first kappa shape index (κ1) is 18.0. The number of fused-ring (bicyclic) bond motifs is 1. The summed E-state index contributed by atoms with van der Waals surface area (Å²) >= 11 is 0. The Hall–Kier alpha value is -2.76. The van der Waals surface area contributed by atoms with Crippen molar-refractivity contribution in [2.75, 3.05) is 0 Å². The molecule has 1 aliphatic rings. The molecular weight excluding hydrogens is 345 g/mol. The monoisotopic (exact) mass is 362 g/mol. The quantitative estimate of drug-likeness (QED) is 0.824. The molecule has 2 aromatic rings. The van der Waals surface area contributed by atoms with Gasteiger partial charge in [0.15, 0.2) is 0 Å². The normalized spacial score (nSPS) is 19.5. The highest BCUT2D eigenvalue weighted by molar-refractivity contribution is 5.96. The number of carboxylic acid groups (broad SMARTS) is 1. The predicted octanol–water partition coefficient (Wildman–Crippen LogP) is 5.13. The molecule has 0 spiro atoms. The van der Waals surface area contributed by atoms with Gasteiger partial charge >= 0.3 is 12.1 Å². The van der Waals surface area contributed by atoms with Crippen molar-refractivity contribution in [3.63, 3.8) is 0 Å². The van der Waals surface area contributed by atoms with Crippen molar-refractivity contribution in [1.82, 2.24) is 0 Å². The number of carbonyl (C=O) groups is 1. The Morgan fingerprint density at radius 2 is 1.81 bits per heavy atom. The van der Waals surface area contributed by atoms with Crippen LogP contribution in [0.5, 0.6) is 5.75 Å². The zero-order valence-electron chi connectivity index (χ0n) is 14.2. The Morgan fingerprint density at radius 1 is 1.12 bits per heavy atom. The van der Waals surface area contributed by atoms with Crippen molar-refractivity contribution in [1.29, 1.82) is 0 Å². The van der Waals surface area contributed by atoms with E-state index in [4.69, 9.17) is 4.74 Å². The van der Waals surface area contributed by atoms with E-state index in [2.05, 4.69) is 0 Å². The van der Waals surface area contributed by atoms with Gasteiger partial charge in [0.05, 0.1) is 5.57 Å². The standard InChI is InChI=1S/C20H17F3O3/c1-12(2)13-7-5-8-15(10-13)19(20(21,22)23)16(18(24)25)11-14-6-3-4-9-17(14)26-19/h3-12H,1-2H3,(H,24,25). The molecule has 136 valence electrons. The number of rotatable bonds is 3. The number of hydrogen-bond acceptors (Lipinski definition) is 2. The second-order valence-corrected chi connectivity index (χ2v) is 6.46. The summed E-state index contributed by atoms with van der Waals surface area (Å²) < 4.78 is 48.3. The molecule has 6 heteroatoms. The number of para-hydroxylation sites is 1. The highest BCUT2D eigenvalue weighted by atomic mass is 19.4. The Labute approximate surface area is 148 Å². The van der Waals surface area contributed by atoms with Crippen molar-refractivity contribution in [3.05, 3.63) is 70.8 Å². The first-order valence-electron chi connectivity index (χ1n) is 8.07. The summed E-state index contributed by atoms with van der Waals surface area (Å²) in [5, 5.41) is 9.55. The van der Waals surface area contributed by atoms with E-state index in [9.17, 15) is 23.1 Å². The van der Waals surface area contributed by atoms with Gasteiger partial charge < -0.3 is 9.84 Å². The van der Waals surface area contributed by atoms with E-state index < -0.39 is 23.3 Å². The molecular formula is C20H17F3O3. The SMILES string of the molecule is CC(C)c1cccc(C2(C(F)(F)F)Oc3ccccc3C=C2C(=O)O)c1. The van der Waals surface area contributed by atoms with E-state index >= 15 is 0 Å². The van der Waals surface area contributed by atoms with Gasteiger partial charge in [0.2, 0.25) is 0 Å². The van der Waals surface area contributed by atoms with Crippen molar-refractivity contribution in [2.24, 2.45) is 0 Å². The van der Waals surface area contributed by atoms with Gasteiger partial charge in [0.25, 0.3) is 5.60 Å². The fourth-order valence-electron chi connectivity index (χ4n) is 3.09. The van der Waals surface area contributed by atoms with Gasteiger partial charge in [-0.15, -0.1) is 0 Å². The van der Waals surface area contributed by atoms with Crippen molar-refractivity contribution >= 4 is 12.0 Å². The smallest absolute Gasteiger partial charge is 0.437 e. The third kappa shape index (κ3) is 2.75. The van der Waals surface area contributed by atoms with E-state index in [1.54, 1.807) is 18.2 Å². The van der Waals surface area contributed by atoms with Crippen LogP contribution in [0.4, 0.5) is 13.2 Å². The van der Waals surface area contributed by atoms with E-state index in [0.29, 0.717) is 11.1 Å². The molecule has 0 bridgehead atoms. The van der Waals surface area contributed by atoms with Crippen molar-refractivity contribution in [3.8, 4) is 5.75 Å². The summed E-state index contributed by atoms with van der Waals surface area (Å²) in [6.45, 7) is 3.70. The van der Waals surface area contributed by atoms with E-state index in [0.717, 1.165) is 6.08 Å². The van der Waals surface area contributed by atoms with Crippen molar-refractivity contribution in [2.45, 2.75) is 31.5 Å². The summed E-state index contributed by atoms with van der Waals surface area (Å²) in [5.41, 5.74) is -3.22. The number of benzene rings is 2. The lowest BCUT2D eigenvalue weighted by atomic mass is 9.80. The number of aliphatic carboxylic acids is 1. The lowest BCUT2D eigenvalue weighted by molar-refractivity contribution is -0.240. The molecule has 0 aromatic heterocycles. The van der Waals surface area contributed by atoms with Gasteiger partial charge in [-0.2, -0.15) is 13.2 Å². The Kier molecular flexibility index (Phi) is 4.30. The first-order chi connectivity index (χ1) is 12.2.